The van der Waals surface area contributed by atoms with E-state index in [9.17, 15) is 14.7 Å². The highest BCUT2D eigenvalue weighted by Crippen LogP contribution is 2.35. The summed E-state index contributed by atoms with van der Waals surface area (Å²) in [5, 5.41) is 17.0. The van der Waals surface area contributed by atoms with Gasteiger partial charge in [0.2, 0.25) is 18.6 Å². The summed E-state index contributed by atoms with van der Waals surface area (Å²) >= 11 is 0. The van der Waals surface area contributed by atoms with Gasteiger partial charge < -0.3 is 24.8 Å². The van der Waals surface area contributed by atoms with Crippen LogP contribution in [0, 0.1) is 6.92 Å². The van der Waals surface area contributed by atoms with Gasteiger partial charge in [0, 0.05) is 36.5 Å². The summed E-state index contributed by atoms with van der Waals surface area (Å²) in [6.07, 6.45) is 0.442. The number of hydrogen-bond donors (Lipinski definition) is 2. The summed E-state index contributed by atoms with van der Waals surface area (Å²) in [5.41, 5.74) is 4.08. The average Bonchev–Trinajstić information content (AvgIpc) is 3.48. The van der Waals surface area contributed by atoms with Gasteiger partial charge in [0.1, 0.15) is 6.04 Å². The van der Waals surface area contributed by atoms with Crippen molar-refractivity contribution >= 4 is 17.5 Å². The highest BCUT2D eigenvalue weighted by molar-refractivity contribution is 5.99. The van der Waals surface area contributed by atoms with Gasteiger partial charge in [0.25, 0.3) is 0 Å². The Balaban J connectivity index is 1.56. The minimum atomic E-state index is -0.777. The number of nitrogens with one attached hydrogen (secondary N) is 1. The molecule has 9 heteroatoms. The van der Waals surface area contributed by atoms with E-state index in [4.69, 9.17) is 9.47 Å². The van der Waals surface area contributed by atoms with Gasteiger partial charge in [-0.1, -0.05) is 44.2 Å². The van der Waals surface area contributed by atoms with Crippen molar-refractivity contribution < 1.29 is 24.2 Å². The Hall–Kier alpha value is -3.85. The van der Waals surface area contributed by atoms with Crippen LogP contribution in [0.3, 0.4) is 0 Å². The molecule has 3 aromatic rings. The maximum absolute atomic E-state index is 13.7. The summed E-state index contributed by atoms with van der Waals surface area (Å²) in [6, 6.07) is 14.2. The first-order chi connectivity index (χ1) is 17.8. The number of carbonyl (C=O) groups excluding carboxylic acids is 2. The number of hydrogen-bond acceptors (Lipinski definition) is 6. The van der Waals surface area contributed by atoms with Crippen molar-refractivity contribution in [1.29, 1.82) is 0 Å². The number of aliphatic hydroxyl groups is 1. The lowest BCUT2D eigenvalue weighted by molar-refractivity contribution is -0.127. The number of nitrogens with zero attached hydrogens (tertiary/aromatic N) is 3. The summed E-state index contributed by atoms with van der Waals surface area (Å²) in [5.74, 6) is 0.823. The molecule has 2 N–H and O–H groups in total. The van der Waals surface area contributed by atoms with Gasteiger partial charge in [-0.15, -0.1) is 0 Å². The van der Waals surface area contributed by atoms with Gasteiger partial charge in [0.05, 0.1) is 25.3 Å². The van der Waals surface area contributed by atoms with E-state index < -0.39 is 6.04 Å². The second-order valence-corrected chi connectivity index (χ2v) is 9.47. The summed E-state index contributed by atoms with van der Waals surface area (Å²) in [4.78, 5) is 28.5. The first-order valence-corrected chi connectivity index (χ1v) is 12.5. The van der Waals surface area contributed by atoms with Crippen molar-refractivity contribution in [3.8, 4) is 11.5 Å². The lowest BCUT2D eigenvalue weighted by Crippen LogP contribution is -2.49. The third kappa shape index (κ3) is 5.94. The van der Waals surface area contributed by atoms with Crippen LogP contribution in [-0.2, 0) is 29.0 Å². The molecule has 196 valence electrons. The van der Waals surface area contributed by atoms with E-state index in [0.717, 1.165) is 22.5 Å². The lowest BCUT2D eigenvalue weighted by Gasteiger charge is -2.25. The molecule has 0 radical (unpaired) electrons. The summed E-state index contributed by atoms with van der Waals surface area (Å²) < 4.78 is 12.6. The van der Waals surface area contributed by atoms with Gasteiger partial charge in [0.15, 0.2) is 11.5 Å². The summed E-state index contributed by atoms with van der Waals surface area (Å²) in [6.45, 7) is 6.42. The first kappa shape index (κ1) is 26.2. The average molecular weight is 507 g/mol. The van der Waals surface area contributed by atoms with E-state index in [0.29, 0.717) is 30.2 Å². The van der Waals surface area contributed by atoms with E-state index in [1.165, 1.54) is 4.90 Å². The van der Waals surface area contributed by atoms with Gasteiger partial charge in [-0.05, 0) is 30.5 Å². The minimum Gasteiger partial charge on any atom is -0.454 e. The fraction of sp³-hybridized carbons (Fsp3) is 0.393. The van der Waals surface area contributed by atoms with Crippen molar-refractivity contribution in [1.82, 2.24) is 15.1 Å². The van der Waals surface area contributed by atoms with E-state index in [1.807, 2.05) is 51.1 Å². The molecule has 9 nitrogen and oxygen atoms in total. The standard InChI is InChI=1S/C28H34N4O5/c1-18(2)27-22(19(3)32(30-27)12-13-33)16-26(34)29-23(14-20-8-6-5-7-9-20)28(35)31(4)21-10-11-24-25(15-21)37-17-36-24/h5-11,15,18,23,33H,12-14,16-17H2,1-4H3,(H,29,34). The van der Waals surface area contributed by atoms with Crippen molar-refractivity contribution in [2.45, 2.75) is 52.1 Å². The van der Waals surface area contributed by atoms with Crippen molar-refractivity contribution in [2.24, 2.45) is 0 Å². The molecule has 0 fully saturated rings. The quantitative estimate of drug-likeness (QED) is 0.438. The molecule has 0 bridgehead atoms. The minimum absolute atomic E-state index is 0.0362. The second-order valence-electron chi connectivity index (χ2n) is 9.47. The number of benzene rings is 2. The molecule has 2 heterocycles. The largest absolute Gasteiger partial charge is 0.454 e. The highest BCUT2D eigenvalue weighted by Gasteiger charge is 2.28. The molecule has 1 aliphatic rings. The molecule has 1 aliphatic heterocycles. The molecule has 37 heavy (non-hydrogen) atoms. The van der Waals surface area contributed by atoms with E-state index in [-0.39, 0.29) is 37.6 Å². The van der Waals surface area contributed by atoms with Crippen LogP contribution in [0.1, 0.15) is 42.3 Å². The molecule has 1 atom stereocenters. The van der Waals surface area contributed by atoms with Crippen LogP contribution in [0.25, 0.3) is 0 Å². The zero-order chi connectivity index (χ0) is 26.5. The fourth-order valence-corrected chi connectivity index (χ4v) is 4.51. The van der Waals surface area contributed by atoms with Crippen molar-refractivity contribution in [3.63, 3.8) is 0 Å². The SMILES string of the molecule is Cc1c(CC(=O)NC(Cc2ccccc2)C(=O)N(C)c2ccc3c(c2)OCO3)c(C(C)C)nn1CCO. The number of aliphatic hydroxyl groups excluding tert-OH is 1. The zero-order valence-electron chi connectivity index (χ0n) is 21.7. The maximum atomic E-state index is 13.7. The maximum Gasteiger partial charge on any atom is 0.249 e. The third-order valence-corrected chi connectivity index (χ3v) is 6.55. The Bertz CT molecular complexity index is 1250. The Morgan fingerprint density at radius 2 is 1.86 bits per heavy atom. The van der Waals surface area contributed by atoms with Gasteiger partial charge in [-0.3, -0.25) is 14.3 Å². The van der Waals surface area contributed by atoms with E-state index >= 15 is 0 Å². The van der Waals surface area contributed by atoms with Crippen LogP contribution in [0.5, 0.6) is 11.5 Å². The van der Waals surface area contributed by atoms with Crippen LogP contribution in [0.2, 0.25) is 0 Å². The third-order valence-electron chi connectivity index (χ3n) is 6.55. The normalized spacial score (nSPS) is 13.0. The molecule has 2 aromatic carbocycles. The number of amides is 2. The van der Waals surface area contributed by atoms with Gasteiger partial charge >= 0.3 is 0 Å². The predicted octanol–water partition coefficient (Wildman–Crippen LogP) is 2.97. The molecule has 1 aromatic heterocycles. The molecule has 0 aliphatic carbocycles. The number of fused-ring (bicyclic) bond motifs is 1. The number of carbonyl (C=O) groups is 2. The van der Waals surface area contributed by atoms with E-state index in [1.54, 1.807) is 29.9 Å². The Labute approximate surface area is 217 Å². The Morgan fingerprint density at radius 3 is 2.57 bits per heavy atom. The highest BCUT2D eigenvalue weighted by atomic mass is 16.7. The topological polar surface area (TPSA) is 106 Å². The number of ether oxygens (including phenoxy) is 2. The predicted molar refractivity (Wildman–Crippen MR) is 140 cm³/mol. The van der Waals surface area contributed by atoms with Crippen LogP contribution in [0.4, 0.5) is 5.69 Å². The van der Waals surface area contributed by atoms with Crippen LogP contribution in [0.15, 0.2) is 48.5 Å². The number of likely N-dealkylation sites (N-methyl/N-ethyl adjacent to an activating group) is 1. The van der Waals surface area contributed by atoms with Gasteiger partial charge in [-0.2, -0.15) is 5.10 Å². The fourth-order valence-electron chi connectivity index (χ4n) is 4.51. The molecule has 0 spiro atoms. The first-order valence-electron chi connectivity index (χ1n) is 12.5. The number of anilines is 1. The van der Waals surface area contributed by atoms with Crippen molar-refractivity contribution in [3.05, 3.63) is 71.0 Å². The van der Waals surface area contributed by atoms with Crippen LogP contribution < -0.4 is 19.7 Å². The molecule has 2 amide bonds. The molecule has 4 rings (SSSR count). The number of aromatic nitrogens is 2. The van der Waals surface area contributed by atoms with Gasteiger partial charge in [-0.25, -0.2) is 0 Å². The Morgan fingerprint density at radius 1 is 1.14 bits per heavy atom. The van der Waals surface area contributed by atoms with Crippen LogP contribution in [-0.4, -0.2) is 53.2 Å². The van der Waals surface area contributed by atoms with Crippen molar-refractivity contribution in [2.75, 3.05) is 25.3 Å². The monoisotopic (exact) mass is 506 g/mol. The Kier molecular flexibility index (Phi) is 8.13. The smallest absolute Gasteiger partial charge is 0.249 e. The van der Waals surface area contributed by atoms with Crippen LogP contribution >= 0.6 is 0 Å². The second kappa shape index (κ2) is 11.5. The summed E-state index contributed by atoms with van der Waals surface area (Å²) in [7, 11) is 1.68. The zero-order valence-corrected chi connectivity index (χ0v) is 21.7. The van der Waals surface area contributed by atoms with E-state index in [2.05, 4.69) is 10.4 Å². The number of rotatable bonds is 10. The molecule has 0 saturated carbocycles. The lowest BCUT2D eigenvalue weighted by atomic mass is 10.0. The molecular weight excluding hydrogens is 472 g/mol. The molecule has 1 unspecified atom stereocenters. The molecular formula is C28H34N4O5. The molecule has 0 saturated heterocycles.